The van der Waals surface area contributed by atoms with E-state index in [4.69, 9.17) is 0 Å². The predicted octanol–water partition coefficient (Wildman–Crippen LogP) is 2.17. The van der Waals surface area contributed by atoms with Crippen LogP contribution in [0.1, 0.15) is 11.1 Å². The predicted molar refractivity (Wildman–Crippen MR) is 60.1 cm³/mol. The number of rotatable bonds is 4. The molecule has 2 rings (SSSR count). The molecule has 2 aromatic rings. The molecule has 0 atom stereocenters. The summed E-state index contributed by atoms with van der Waals surface area (Å²) in [4.78, 5) is 3.98. The van der Waals surface area contributed by atoms with Gasteiger partial charge in [0.25, 0.3) is 0 Å². The van der Waals surface area contributed by atoms with Crippen LogP contribution >= 0.6 is 0 Å². The lowest BCUT2D eigenvalue weighted by molar-refractivity contribution is 0.692. The van der Waals surface area contributed by atoms with Gasteiger partial charge in [0.15, 0.2) is 0 Å². The van der Waals surface area contributed by atoms with Gasteiger partial charge < -0.3 is 5.32 Å². The summed E-state index contributed by atoms with van der Waals surface area (Å²) in [7, 11) is 0. The molecular formula is C13H13N2. The van der Waals surface area contributed by atoms with Gasteiger partial charge in [-0.05, 0) is 35.4 Å². The van der Waals surface area contributed by atoms with Crippen LogP contribution in [0.4, 0.5) is 0 Å². The van der Waals surface area contributed by atoms with Crippen molar-refractivity contribution < 1.29 is 0 Å². The minimum atomic E-state index is 0.872. The molecule has 1 aromatic carbocycles. The maximum Gasteiger partial charge on any atom is 0.0271 e. The summed E-state index contributed by atoms with van der Waals surface area (Å²) in [6.07, 6.45) is 3.63. The van der Waals surface area contributed by atoms with Crippen molar-refractivity contribution in [1.82, 2.24) is 10.3 Å². The molecule has 75 valence electrons. The van der Waals surface area contributed by atoms with Crippen LogP contribution in [0.3, 0.4) is 0 Å². The number of nitrogens with one attached hydrogen (secondary N) is 1. The Balaban J connectivity index is 1.81. The van der Waals surface area contributed by atoms with Crippen LogP contribution < -0.4 is 5.32 Å². The molecule has 1 aromatic heterocycles. The molecule has 0 unspecified atom stereocenters. The van der Waals surface area contributed by atoms with E-state index in [-0.39, 0.29) is 0 Å². The van der Waals surface area contributed by atoms with Gasteiger partial charge >= 0.3 is 0 Å². The van der Waals surface area contributed by atoms with Crippen LogP contribution in [0.25, 0.3) is 0 Å². The van der Waals surface area contributed by atoms with E-state index in [0.717, 1.165) is 13.1 Å². The molecule has 0 aliphatic rings. The second-order valence-electron chi connectivity index (χ2n) is 3.37. The molecule has 0 bridgehead atoms. The topological polar surface area (TPSA) is 24.9 Å². The van der Waals surface area contributed by atoms with Crippen molar-refractivity contribution in [2.45, 2.75) is 13.1 Å². The Morgan fingerprint density at radius 1 is 1.07 bits per heavy atom. The van der Waals surface area contributed by atoms with Crippen molar-refractivity contribution in [2.24, 2.45) is 0 Å². The van der Waals surface area contributed by atoms with E-state index in [0.29, 0.717) is 0 Å². The molecule has 1 heterocycles. The fraction of sp³-hybridized carbons (Fsp3) is 0.154. The van der Waals surface area contributed by atoms with Gasteiger partial charge in [0.2, 0.25) is 0 Å². The van der Waals surface area contributed by atoms with Crippen LogP contribution in [0.5, 0.6) is 0 Å². The molecule has 0 spiro atoms. The second kappa shape index (κ2) is 5.27. The van der Waals surface area contributed by atoms with Crippen molar-refractivity contribution in [2.75, 3.05) is 0 Å². The average Bonchev–Trinajstić information content (AvgIpc) is 2.32. The number of aromatic nitrogens is 1. The molecule has 15 heavy (non-hydrogen) atoms. The highest BCUT2D eigenvalue weighted by Crippen LogP contribution is 1.99. The summed E-state index contributed by atoms with van der Waals surface area (Å²) in [5.41, 5.74) is 2.51. The quantitative estimate of drug-likeness (QED) is 0.812. The summed E-state index contributed by atoms with van der Waals surface area (Å²) >= 11 is 0. The van der Waals surface area contributed by atoms with E-state index in [2.05, 4.69) is 22.4 Å². The number of hydrogen-bond acceptors (Lipinski definition) is 2. The molecular weight excluding hydrogens is 184 g/mol. The number of pyridine rings is 1. The standard InChI is InChI=1S/C13H13N2/c1-2-4-12(5-3-1)10-15-11-13-6-8-14-9-7-13/h1-2,4-9,15H,10-11H2. The van der Waals surface area contributed by atoms with Crippen molar-refractivity contribution in [3.8, 4) is 0 Å². The zero-order valence-corrected chi connectivity index (χ0v) is 8.48. The van der Waals surface area contributed by atoms with Gasteiger partial charge in [0, 0.05) is 25.5 Å². The third kappa shape index (κ3) is 3.18. The van der Waals surface area contributed by atoms with Gasteiger partial charge in [-0.15, -0.1) is 0 Å². The summed E-state index contributed by atoms with van der Waals surface area (Å²) in [6.45, 7) is 1.75. The normalized spacial score (nSPS) is 10.1. The van der Waals surface area contributed by atoms with Crippen LogP contribution in [0.15, 0.2) is 48.8 Å². The maximum atomic E-state index is 3.98. The zero-order chi connectivity index (χ0) is 10.3. The van der Waals surface area contributed by atoms with Crippen LogP contribution in [-0.2, 0) is 13.1 Å². The third-order valence-corrected chi connectivity index (χ3v) is 2.18. The number of hydrogen-bond donors (Lipinski definition) is 1. The Labute approximate surface area is 90.0 Å². The Bertz CT molecular complexity index is 344. The van der Waals surface area contributed by atoms with Crippen molar-refractivity contribution in [3.05, 3.63) is 66.0 Å². The first-order valence-electron chi connectivity index (χ1n) is 5.00. The van der Waals surface area contributed by atoms with Crippen LogP contribution in [0.2, 0.25) is 0 Å². The smallest absolute Gasteiger partial charge is 0.0271 e. The molecule has 2 nitrogen and oxygen atoms in total. The van der Waals surface area contributed by atoms with E-state index in [9.17, 15) is 0 Å². The first-order valence-corrected chi connectivity index (χ1v) is 5.00. The van der Waals surface area contributed by atoms with Gasteiger partial charge in [0.1, 0.15) is 0 Å². The van der Waals surface area contributed by atoms with Gasteiger partial charge in [0.05, 0.1) is 0 Å². The van der Waals surface area contributed by atoms with Crippen molar-refractivity contribution >= 4 is 0 Å². The lowest BCUT2D eigenvalue weighted by Crippen LogP contribution is -2.12. The minimum absolute atomic E-state index is 0.872. The lowest BCUT2D eigenvalue weighted by Gasteiger charge is -2.04. The Morgan fingerprint density at radius 2 is 1.87 bits per heavy atom. The molecule has 1 radical (unpaired) electrons. The summed E-state index contributed by atoms with van der Waals surface area (Å²) in [6, 6.07) is 15.1. The highest BCUT2D eigenvalue weighted by atomic mass is 14.8. The molecule has 0 aliphatic carbocycles. The van der Waals surface area contributed by atoms with Gasteiger partial charge in [-0.3, -0.25) is 4.98 Å². The monoisotopic (exact) mass is 197 g/mol. The van der Waals surface area contributed by atoms with Crippen molar-refractivity contribution in [3.63, 3.8) is 0 Å². The van der Waals surface area contributed by atoms with Gasteiger partial charge in [-0.25, -0.2) is 0 Å². The number of nitrogens with zero attached hydrogens (tertiary/aromatic N) is 1. The Morgan fingerprint density at radius 3 is 2.60 bits per heavy atom. The van der Waals surface area contributed by atoms with Crippen molar-refractivity contribution in [1.29, 1.82) is 0 Å². The molecule has 0 saturated carbocycles. The Kier molecular flexibility index (Phi) is 3.47. The average molecular weight is 197 g/mol. The van der Waals surface area contributed by atoms with Crippen LogP contribution in [0, 0.1) is 6.07 Å². The highest BCUT2D eigenvalue weighted by molar-refractivity contribution is 5.14. The first-order chi connectivity index (χ1) is 7.45. The Hall–Kier alpha value is -1.67. The lowest BCUT2D eigenvalue weighted by atomic mass is 10.2. The zero-order valence-electron chi connectivity index (χ0n) is 8.48. The minimum Gasteiger partial charge on any atom is -0.309 e. The van der Waals surface area contributed by atoms with E-state index >= 15 is 0 Å². The molecule has 0 fully saturated rings. The third-order valence-electron chi connectivity index (χ3n) is 2.18. The second-order valence-corrected chi connectivity index (χ2v) is 3.37. The summed E-state index contributed by atoms with van der Waals surface area (Å²) in [5.74, 6) is 0. The largest absolute Gasteiger partial charge is 0.309 e. The first kappa shape index (κ1) is 9.87. The van der Waals surface area contributed by atoms with E-state index in [1.807, 2.05) is 42.7 Å². The summed E-state index contributed by atoms with van der Waals surface area (Å²) in [5, 5.41) is 3.37. The highest BCUT2D eigenvalue weighted by Gasteiger charge is 1.92. The molecule has 2 heteroatoms. The van der Waals surface area contributed by atoms with E-state index in [1.165, 1.54) is 11.1 Å². The molecule has 0 amide bonds. The van der Waals surface area contributed by atoms with Gasteiger partial charge in [-0.1, -0.05) is 18.2 Å². The fourth-order valence-corrected chi connectivity index (χ4v) is 1.39. The molecule has 0 aliphatic heterocycles. The molecule has 0 saturated heterocycles. The van der Waals surface area contributed by atoms with Crippen LogP contribution in [-0.4, -0.2) is 4.98 Å². The van der Waals surface area contributed by atoms with E-state index in [1.54, 1.807) is 0 Å². The SMILES string of the molecule is [c]1cccc(CNCc2ccncc2)c1. The number of benzene rings is 1. The van der Waals surface area contributed by atoms with Gasteiger partial charge in [-0.2, -0.15) is 0 Å². The fourth-order valence-electron chi connectivity index (χ4n) is 1.39. The maximum absolute atomic E-state index is 3.98. The molecule has 1 N–H and O–H groups in total. The van der Waals surface area contributed by atoms with E-state index < -0.39 is 0 Å². The summed E-state index contributed by atoms with van der Waals surface area (Å²) < 4.78 is 0.